The van der Waals surface area contributed by atoms with E-state index >= 15 is 0 Å². The molecule has 1 aliphatic carbocycles. The molecule has 2 aliphatic rings. The Kier molecular flexibility index (Phi) is 5.32. The molecule has 1 atom stereocenters. The molecule has 30 heavy (non-hydrogen) atoms. The van der Waals surface area contributed by atoms with Crippen LogP contribution in [0.15, 0.2) is 41.2 Å². The van der Waals surface area contributed by atoms with Gasteiger partial charge in [-0.1, -0.05) is 24.3 Å². The lowest BCUT2D eigenvalue weighted by molar-refractivity contribution is -0.384. The Morgan fingerprint density at radius 2 is 2.03 bits per heavy atom. The van der Waals surface area contributed by atoms with E-state index in [9.17, 15) is 19.7 Å². The number of benzene rings is 1. The standard InChI is InChI=1S/C20H21N5O5/c26-19-18(20(27)28)21-14-10-16(17(25(29)30)11-15(14)22-19)24-8-6-23(7-9-24)12-13-4-2-1-3-5-13/h1-4,10-11,13H,5-9,12H2,(H,22,26)(H,27,28). The number of piperazine rings is 1. The zero-order valence-electron chi connectivity index (χ0n) is 16.2. The third-order valence-corrected chi connectivity index (χ3v) is 5.46. The second-order valence-electron chi connectivity index (χ2n) is 7.43. The van der Waals surface area contributed by atoms with Gasteiger partial charge in [-0.2, -0.15) is 0 Å². The maximum absolute atomic E-state index is 11.8. The van der Waals surface area contributed by atoms with Crippen LogP contribution in [0.4, 0.5) is 11.4 Å². The number of nitrogens with one attached hydrogen (secondary N) is 1. The fourth-order valence-corrected chi connectivity index (χ4v) is 3.93. The van der Waals surface area contributed by atoms with Crippen molar-refractivity contribution in [2.45, 2.75) is 6.42 Å². The highest BCUT2D eigenvalue weighted by Crippen LogP contribution is 2.32. The summed E-state index contributed by atoms with van der Waals surface area (Å²) >= 11 is 0. The Morgan fingerprint density at radius 3 is 2.67 bits per heavy atom. The van der Waals surface area contributed by atoms with Crippen LogP contribution in [-0.4, -0.2) is 63.6 Å². The molecule has 0 spiro atoms. The Bertz CT molecular complexity index is 1110. The van der Waals surface area contributed by atoms with Gasteiger partial charge in [-0.05, 0) is 18.4 Å². The third kappa shape index (κ3) is 3.94. The number of nitro groups is 1. The Morgan fingerprint density at radius 1 is 1.27 bits per heavy atom. The van der Waals surface area contributed by atoms with Crippen LogP contribution in [0.5, 0.6) is 0 Å². The topological polar surface area (TPSA) is 133 Å². The van der Waals surface area contributed by atoms with Crippen LogP contribution >= 0.6 is 0 Å². The van der Waals surface area contributed by atoms with Gasteiger partial charge in [0.05, 0.1) is 16.0 Å². The van der Waals surface area contributed by atoms with E-state index in [4.69, 9.17) is 5.11 Å². The number of rotatable bonds is 5. The summed E-state index contributed by atoms with van der Waals surface area (Å²) in [6.45, 7) is 3.69. The third-order valence-electron chi connectivity index (χ3n) is 5.46. The normalized spacial score (nSPS) is 19.3. The highest BCUT2D eigenvalue weighted by Gasteiger charge is 2.26. The lowest BCUT2D eigenvalue weighted by Gasteiger charge is -2.37. The highest BCUT2D eigenvalue weighted by atomic mass is 16.6. The molecule has 0 saturated carbocycles. The molecular formula is C20H21N5O5. The molecule has 10 nitrogen and oxygen atoms in total. The predicted molar refractivity (Wildman–Crippen MR) is 111 cm³/mol. The predicted octanol–water partition coefficient (Wildman–Crippen LogP) is 1.78. The number of hydrogen-bond donors (Lipinski definition) is 2. The van der Waals surface area contributed by atoms with Crippen LogP contribution in [0.2, 0.25) is 0 Å². The van der Waals surface area contributed by atoms with Crippen molar-refractivity contribution in [3.63, 3.8) is 0 Å². The molecule has 1 aliphatic heterocycles. The number of nitrogens with zero attached hydrogens (tertiary/aromatic N) is 4. The summed E-state index contributed by atoms with van der Waals surface area (Å²) in [4.78, 5) is 44.7. The van der Waals surface area contributed by atoms with Crippen molar-refractivity contribution in [2.75, 3.05) is 37.6 Å². The molecule has 1 saturated heterocycles. The summed E-state index contributed by atoms with van der Waals surface area (Å²) in [6.07, 6.45) is 9.48. The number of allylic oxidation sites excluding steroid dienone is 3. The van der Waals surface area contributed by atoms with Gasteiger partial charge in [0.2, 0.25) is 5.69 Å². The number of carboxylic acid groups (broad SMARTS) is 1. The Labute approximate surface area is 171 Å². The van der Waals surface area contributed by atoms with Gasteiger partial charge in [0.1, 0.15) is 5.69 Å². The molecule has 1 unspecified atom stereocenters. The second-order valence-corrected chi connectivity index (χ2v) is 7.43. The molecule has 4 rings (SSSR count). The number of carbonyl (C=O) groups is 1. The molecule has 10 heteroatoms. The van der Waals surface area contributed by atoms with E-state index in [-0.39, 0.29) is 16.7 Å². The number of carboxylic acids is 1. The number of fused-ring (bicyclic) bond motifs is 1. The first kappa shape index (κ1) is 19.8. The number of aromatic carboxylic acids is 1. The average Bonchev–Trinajstić information content (AvgIpc) is 2.73. The number of nitro benzene ring substituents is 1. The number of aromatic nitrogens is 2. The molecule has 1 fully saturated rings. The van der Waals surface area contributed by atoms with Crippen molar-refractivity contribution in [1.82, 2.24) is 14.9 Å². The first-order chi connectivity index (χ1) is 14.4. The zero-order chi connectivity index (χ0) is 21.3. The number of hydrogen-bond acceptors (Lipinski definition) is 7. The van der Waals surface area contributed by atoms with E-state index < -0.39 is 22.1 Å². The van der Waals surface area contributed by atoms with Gasteiger partial charge in [-0.3, -0.25) is 19.8 Å². The van der Waals surface area contributed by atoms with E-state index in [1.54, 1.807) is 0 Å². The SMILES string of the molecule is O=C(O)c1nc2cc(N3CCN(CC4C=CC=CC4)CC3)c([N+](=O)[O-])cc2[nH]c1=O. The Hall–Kier alpha value is -3.53. The van der Waals surface area contributed by atoms with Gasteiger partial charge in [-0.25, -0.2) is 9.78 Å². The van der Waals surface area contributed by atoms with Gasteiger partial charge in [0, 0.05) is 38.8 Å². The molecule has 0 radical (unpaired) electrons. The van der Waals surface area contributed by atoms with Crippen LogP contribution in [0, 0.1) is 16.0 Å². The van der Waals surface area contributed by atoms with E-state index in [0.29, 0.717) is 24.7 Å². The zero-order valence-corrected chi connectivity index (χ0v) is 16.2. The molecule has 0 amide bonds. The molecule has 2 aromatic rings. The molecule has 2 heterocycles. The maximum Gasteiger partial charge on any atom is 0.360 e. The second kappa shape index (κ2) is 8.07. The summed E-state index contributed by atoms with van der Waals surface area (Å²) in [5, 5.41) is 20.8. The fraction of sp³-hybridized carbons (Fsp3) is 0.350. The monoisotopic (exact) mass is 411 g/mol. The lowest BCUT2D eigenvalue weighted by atomic mass is 10.00. The van der Waals surface area contributed by atoms with Gasteiger partial charge >= 0.3 is 5.97 Å². The van der Waals surface area contributed by atoms with Gasteiger partial charge in [0.15, 0.2) is 0 Å². The van der Waals surface area contributed by atoms with Crippen LogP contribution in [0.25, 0.3) is 11.0 Å². The first-order valence-corrected chi connectivity index (χ1v) is 9.69. The van der Waals surface area contributed by atoms with Crippen molar-refractivity contribution in [1.29, 1.82) is 0 Å². The van der Waals surface area contributed by atoms with Crippen molar-refractivity contribution < 1.29 is 14.8 Å². The van der Waals surface area contributed by atoms with E-state index in [1.165, 1.54) is 12.1 Å². The minimum atomic E-state index is -1.45. The van der Waals surface area contributed by atoms with Crippen LogP contribution in [-0.2, 0) is 0 Å². The van der Waals surface area contributed by atoms with Crippen LogP contribution < -0.4 is 10.5 Å². The van der Waals surface area contributed by atoms with Gasteiger partial charge in [0.25, 0.3) is 11.2 Å². The summed E-state index contributed by atoms with van der Waals surface area (Å²) in [7, 11) is 0. The molecular weight excluding hydrogens is 390 g/mol. The lowest BCUT2D eigenvalue weighted by Crippen LogP contribution is -2.47. The van der Waals surface area contributed by atoms with Crippen LogP contribution in [0.1, 0.15) is 16.9 Å². The summed E-state index contributed by atoms with van der Waals surface area (Å²) < 4.78 is 0. The number of anilines is 1. The van der Waals surface area contributed by atoms with Crippen molar-refractivity contribution >= 4 is 28.4 Å². The fourth-order valence-electron chi connectivity index (χ4n) is 3.93. The summed E-state index contributed by atoms with van der Waals surface area (Å²) in [6, 6.07) is 2.73. The quantitative estimate of drug-likeness (QED) is 0.562. The minimum absolute atomic E-state index is 0.135. The van der Waals surface area contributed by atoms with E-state index in [1.807, 2.05) is 11.0 Å². The molecule has 0 bridgehead atoms. The molecule has 1 aromatic carbocycles. The average molecular weight is 411 g/mol. The maximum atomic E-state index is 11.8. The highest BCUT2D eigenvalue weighted by molar-refractivity contribution is 5.90. The van der Waals surface area contributed by atoms with E-state index in [2.05, 4.69) is 33.1 Å². The van der Waals surface area contributed by atoms with Crippen LogP contribution in [0.3, 0.4) is 0 Å². The molecule has 1 aromatic heterocycles. The first-order valence-electron chi connectivity index (χ1n) is 9.69. The van der Waals surface area contributed by atoms with Crippen molar-refractivity contribution in [3.8, 4) is 0 Å². The molecule has 156 valence electrons. The smallest absolute Gasteiger partial charge is 0.360 e. The minimum Gasteiger partial charge on any atom is -0.476 e. The molecule has 2 N–H and O–H groups in total. The van der Waals surface area contributed by atoms with Crippen molar-refractivity contribution in [2.24, 2.45) is 5.92 Å². The summed E-state index contributed by atoms with van der Waals surface area (Å²) in [5.41, 5.74) is -0.954. The Balaban J connectivity index is 1.59. The number of aromatic amines is 1. The van der Waals surface area contributed by atoms with E-state index in [0.717, 1.165) is 26.1 Å². The summed E-state index contributed by atoms with van der Waals surface area (Å²) in [5.74, 6) is -0.967. The van der Waals surface area contributed by atoms with Gasteiger partial charge < -0.3 is 15.0 Å². The van der Waals surface area contributed by atoms with Gasteiger partial charge in [-0.15, -0.1) is 0 Å². The van der Waals surface area contributed by atoms with Crippen molar-refractivity contribution in [3.05, 3.63) is 62.6 Å². The largest absolute Gasteiger partial charge is 0.476 e. The number of H-pyrrole nitrogens is 1.